The van der Waals surface area contributed by atoms with Gasteiger partial charge in [-0.2, -0.15) is 10.5 Å². The summed E-state index contributed by atoms with van der Waals surface area (Å²) in [6.45, 7) is 0. The van der Waals surface area contributed by atoms with Gasteiger partial charge in [-0.05, 0) is 0 Å². The third-order valence-corrected chi connectivity index (χ3v) is 0.274. The van der Waals surface area contributed by atoms with Crippen LogP contribution in [0.2, 0.25) is 0 Å². The molecule has 0 unspecified atom stereocenters. The summed E-state index contributed by atoms with van der Waals surface area (Å²) in [5, 5.41) is 18.3. The molecule has 0 aromatic heterocycles. The van der Waals surface area contributed by atoms with Crippen molar-refractivity contribution in [3.05, 3.63) is 0 Å². The Balaban J connectivity index is 0. The van der Waals surface area contributed by atoms with Gasteiger partial charge in [-0.15, -0.1) is 0 Å². The largest absolute Gasteiger partial charge is 0.184 e. The maximum atomic E-state index is 7.56. The molecule has 0 rings (SSSR count). The molecular weight excluding hydrogens is 140 g/mol. The molecule has 6 heavy (non-hydrogen) atoms. The fourth-order valence-corrected chi connectivity index (χ4v) is 0.0612. The maximum Gasteiger partial charge on any atom is 0.149 e. The van der Waals surface area contributed by atoms with Crippen LogP contribution in [0.4, 0.5) is 0 Å². The molecule has 0 radical (unpaired) electrons. The second-order valence-electron chi connectivity index (χ2n) is 0.285. The van der Waals surface area contributed by atoms with Crippen molar-refractivity contribution >= 4 is 11.8 Å². The van der Waals surface area contributed by atoms with E-state index in [0.717, 1.165) is 0 Å². The summed E-state index contributed by atoms with van der Waals surface area (Å²) in [6, 6.07) is 0. The van der Waals surface area contributed by atoms with Crippen molar-refractivity contribution in [2.24, 2.45) is 0 Å². The minimum Gasteiger partial charge on any atom is -0.184 e. The van der Waals surface area contributed by atoms with Crippen LogP contribution >= 0.6 is 11.8 Å². The van der Waals surface area contributed by atoms with Gasteiger partial charge in [0.25, 0.3) is 0 Å². The predicted molar refractivity (Wildman–Crippen MR) is 18.8 cm³/mol. The summed E-state index contributed by atoms with van der Waals surface area (Å²) in [5.41, 5.74) is 0. The Labute approximate surface area is 50.6 Å². The normalized spacial score (nSPS) is 3.67. The molecule has 0 spiro atoms. The summed E-state index contributed by atoms with van der Waals surface area (Å²) in [5.74, 6) is 0. The van der Waals surface area contributed by atoms with Crippen molar-refractivity contribution in [1.29, 1.82) is 10.5 Å². The average molecular weight is 140 g/mol. The van der Waals surface area contributed by atoms with Crippen LogP contribution in [-0.2, 0) is 17.1 Å². The summed E-state index contributed by atoms with van der Waals surface area (Å²) in [4.78, 5) is 0. The van der Waals surface area contributed by atoms with E-state index >= 15 is 0 Å². The van der Waals surface area contributed by atoms with Crippen LogP contribution in [0, 0.1) is 21.3 Å². The van der Waals surface area contributed by atoms with Crippen LogP contribution in [0.3, 0.4) is 0 Å². The van der Waals surface area contributed by atoms with Gasteiger partial charge in [0, 0.05) is 17.1 Å². The van der Waals surface area contributed by atoms with E-state index in [1.807, 2.05) is 0 Å². The minimum atomic E-state index is 0. The molecule has 0 aromatic rings. The Kier molecular flexibility index (Phi) is 13.7. The fourth-order valence-electron chi connectivity index (χ4n) is 0.0204. The van der Waals surface area contributed by atoms with Crippen molar-refractivity contribution in [3.8, 4) is 10.8 Å². The van der Waals surface area contributed by atoms with Gasteiger partial charge in [-0.3, -0.25) is 0 Å². The molecule has 2 nitrogen and oxygen atoms in total. The van der Waals surface area contributed by atoms with E-state index in [4.69, 9.17) is 10.5 Å². The van der Waals surface area contributed by atoms with Gasteiger partial charge < -0.3 is 0 Å². The Morgan fingerprint density at radius 3 is 1.50 bits per heavy atom. The third kappa shape index (κ3) is 9.14. The first kappa shape index (κ1) is 9.28. The van der Waals surface area contributed by atoms with Crippen molar-refractivity contribution in [2.45, 2.75) is 0 Å². The van der Waals surface area contributed by atoms with E-state index in [1.165, 1.54) is 0 Å². The number of thioether (sulfide) groups is 1. The van der Waals surface area contributed by atoms with Gasteiger partial charge in [0.15, 0.2) is 0 Å². The molecule has 0 heterocycles. The predicted octanol–water partition coefficient (Wildman–Crippen LogP) is 0.679. The van der Waals surface area contributed by atoms with Crippen molar-refractivity contribution in [2.75, 3.05) is 0 Å². The Morgan fingerprint density at radius 2 is 1.50 bits per heavy atom. The molecule has 0 N–H and O–H groups in total. The molecule has 0 aliphatic carbocycles. The van der Waals surface area contributed by atoms with Crippen molar-refractivity contribution in [3.63, 3.8) is 0 Å². The Bertz CT molecular complexity index is 76.7. The van der Waals surface area contributed by atoms with E-state index in [1.54, 1.807) is 10.8 Å². The number of nitriles is 2. The van der Waals surface area contributed by atoms with E-state index in [0.29, 0.717) is 11.8 Å². The molecule has 0 atom stereocenters. The summed E-state index contributed by atoms with van der Waals surface area (Å²) >= 11 is 0.574. The topological polar surface area (TPSA) is 47.6 Å². The second-order valence-corrected chi connectivity index (χ2v) is 0.854. The molecule has 0 saturated carbocycles. The van der Waals surface area contributed by atoms with Crippen LogP contribution in [-0.4, -0.2) is 0 Å². The number of thiocyanates is 2. The molecule has 0 aliphatic heterocycles. The molecule has 0 bridgehead atoms. The first-order chi connectivity index (χ1) is 2.41. The zero-order chi connectivity index (χ0) is 4.12. The summed E-state index contributed by atoms with van der Waals surface area (Å²) in [6.07, 6.45) is 0. The van der Waals surface area contributed by atoms with E-state index in [2.05, 4.69) is 0 Å². The molecule has 0 aromatic carbocycles. The Hall–Kier alpha value is -0.151. The average Bonchev–Trinajstić information content (AvgIpc) is 1.41. The van der Waals surface area contributed by atoms with Gasteiger partial charge in [0.2, 0.25) is 0 Å². The van der Waals surface area contributed by atoms with E-state index in [9.17, 15) is 0 Å². The zero-order valence-electron chi connectivity index (χ0n) is 2.66. The summed E-state index contributed by atoms with van der Waals surface area (Å²) in [7, 11) is 0. The monoisotopic (exact) mass is 140 g/mol. The smallest absolute Gasteiger partial charge is 0.149 e. The van der Waals surface area contributed by atoms with Crippen molar-refractivity contribution < 1.29 is 17.1 Å². The number of hydrogen-bond acceptors (Lipinski definition) is 3. The van der Waals surface area contributed by atoms with E-state index < -0.39 is 0 Å². The minimum absolute atomic E-state index is 0. The second kappa shape index (κ2) is 8.85. The van der Waals surface area contributed by atoms with Crippen LogP contribution in [0.15, 0.2) is 0 Å². The zero-order valence-corrected chi connectivity index (χ0v) is 4.58. The van der Waals surface area contributed by atoms with Gasteiger partial charge in [0.1, 0.15) is 10.8 Å². The van der Waals surface area contributed by atoms with Gasteiger partial charge in [-0.25, -0.2) is 0 Å². The third-order valence-electron chi connectivity index (χ3n) is 0.0913. The molecular formula is C2FeN2S. The SMILES string of the molecule is N#CSC#N.[Fe]. The maximum absolute atomic E-state index is 7.56. The van der Waals surface area contributed by atoms with Gasteiger partial charge >= 0.3 is 0 Å². The van der Waals surface area contributed by atoms with Gasteiger partial charge in [-0.1, -0.05) is 0 Å². The molecule has 0 aliphatic rings. The standard InChI is InChI=1S/C2N2S.Fe/c3-1-5-2-4;. The molecule has 4 heteroatoms. The van der Waals surface area contributed by atoms with Crippen LogP contribution in [0.1, 0.15) is 0 Å². The summed E-state index contributed by atoms with van der Waals surface area (Å²) < 4.78 is 0. The number of nitrogens with zero attached hydrogens (tertiary/aromatic N) is 2. The van der Waals surface area contributed by atoms with Crippen LogP contribution < -0.4 is 0 Å². The van der Waals surface area contributed by atoms with Crippen molar-refractivity contribution in [1.82, 2.24) is 0 Å². The number of hydrogen-bond donors (Lipinski definition) is 0. The molecule has 32 valence electrons. The first-order valence-corrected chi connectivity index (χ1v) is 1.67. The Morgan fingerprint density at radius 1 is 1.17 bits per heavy atom. The number of rotatable bonds is 0. The van der Waals surface area contributed by atoms with Crippen LogP contribution in [0.25, 0.3) is 0 Å². The van der Waals surface area contributed by atoms with E-state index in [-0.39, 0.29) is 17.1 Å². The fraction of sp³-hybridized carbons (Fsp3) is 0. The molecule has 0 saturated heterocycles. The molecule has 0 fully saturated rings. The first-order valence-electron chi connectivity index (χ1n) is 0.855. The van der Waals surface area contributed by atoms with Gasteiger partial charge in [0.05, 0.1) is 11.8 Å². The molecule has 0 amide bonds. The quantitative estimate of drug-likeness (QED) is 0.367. The van der Waals surface area contributed by atoms with Crippen LogP contribution in [0.5, 0.6) is 0 Å².